The van der Waals surface area contributed by atoms with Crippen molar-refractivity contribution in [3.8, 4) is 0 Å². The molecule has 0 aromatic heterocycles. The fourth-order valence-corrected chi connectivity index (χ4v) is 4.31. The monoisotopic (exact) mass is 347 g/mol. The number of hydrogen-bond acceptors (Lipinski definition) is 2. The zero-order valence-corrected chi connectivity index (χ0v) is 15.5. The maximum atomic E-state index is 13.1. The lowest BCUT2D eigenvalue weighted by Crippen LogP contribution is -2.45. The van der Waals surface area contributed by atoms with E-state index in [0.717, 1.165) is 42.6 Å². The van der Waals surface area contributed by atoms with Crippen LogP contribution in [0, 0.1) is 6.92 Å². The highest BCUT2D eigenvalue weighted by molar-refractivity contribution is 6.19. The quantitative estimate of drug-likeness (QED) is 0.751. The molecule has 1 saturated heterocycles. The van der Waals surface area contributed by atoms with Crippen LogP contribution in [0.5, 0.6) is 0 Å². The van der Waals surface area contributed by atoms with Crippen LogP contribution in [0.15, 0.2) is 54.6 Å². The molecular formula is C23H25NO2. The van der Waals surface area contributed by atoms with Gasteiger partial charge in [0, 0.05) is 18.7 Å². The molecule has 26 heavy (non-hydrogen) atoms. The van der Waals surface area contributed by atoms with Crippen LogP contribution in [0.2, 0.25) is 0 Å². The molecule has 1 spiro atoms. The largest absolute Gasteiger partial charge is 0.365 e. The van der Waals surface area contributed by atoms with Crippen LogP contribution in [0.4, 0.5) is 0 Å². The standard InChI is InChI=1S/C23H25NO2/c1-3-19(20-10-6-4-8-17(20)2)22(25)24-14-12-23(13-15-24)21-11-7-5-9-18(21)16-26-23/h3-11H,12-16H2,1-2H3/b19-3+. The predicted molar refractivity (Wildman–Crippen MR) is 104 cm³/mol. The fourth-order valence-electron chi connectivity index (χ4n) is 4.31. The fraction of sp³-hybridized carbons (Fsp3) is 0.348. The molecule has 0 radical (unpaired) electrons. The van der Waals surface area contributed by atoms with E-state index in [4.69, 9.17) is 4.74 Å². The Bertz CT molecular complexity index is 860. The van der Waals surface area contributed by atoms with E-state index in [9.17, 15) is 4.79 Å². The number of nitrogens with zero attached hydrogens (tertiary/aromatic N) is 1. The summed E-state index contributed by atoms with van der Waals surface area (Å²) in [4.78, 5) is 15.1. The lowest BCUT2D eigenvalue weighted by Gasteiger charge is -2.39. The Morgan fingerprint density at radius 2 is 1.77 bits per heavy atom. The molecule has 2 aromatic rings. The molecule has 0 atom stereocenters. The minimum atomic E-state index is -0.202. The molecule has 2 heterocycles. The number of allylic oxidation sites excluding steroid dienone is 1. The molecule has 1 fully saturated rings. The number of ether oxygens (including phenoxy) is 1. The summed E-state index contributed by atoms with van der Waals surface area (Å²) in [6.07, 6.45) is 3.66. The van der Waals surface area contributed by atoms with Crippen molar-refractivity contribution >= 4 is 11.5 Å². The van der Waals surface area contributed by atoms with Gasteiger partial charge in [0.25, 0.3) is 5.91 Å². The van der Waals surface area contributed by atoms with E-state index >= 15 is 0 Å². The van der Waals surface area contributed by atoms with Crippen LogP contribution < -0.4 is 0 Å². The zero-order valence-electron chi connectivity index (χ0n) is 15.5. The van der Waals surface area contributed by atoms with Crippen molar-refractivity contribution in [1.29, 1.82) is 0 Å². The summed E-state index contributed by atoms with van der Waals surface area (Å²) in [5.74, 6) is 0.128. The van der Waals surface area contributed by atoms with Gasteiger partial charge in [0.1, 0.15) is 0 Å². The summed E-state index contributed by atoms with van der Waals surface area (Å²) in [6, 6.07) is 16.6. The highest BCUT2D eigenvalue weighted by atomic mass is 16.5. The molecule has 0 bridgehead atoms. The van der Waals surface area contributed by atoms with Crippen LogP contribution in [0.25, 0.3) is 5.57 Å². The van der Waals surface area contributed by atoms with Crippen LogP contribution in [0.1, 0.15) is 42.0 Å². The molecule has 0 saturated carbocycles. The first kappa shape index (κ1) is 17.0. The van der Waals surface area contributed by atoms with Crippen LogP contribution in [-0.4, -0.2) is 23.9 Å². The Balaban J connectivity index is 1.52. The Morgan fingerprint density at radius 1 is 1.08 bits per heavy atom. The average molecular weight is 347 g/mol. The van der Waals surface area contributed by atoms with E-state index in [1.807, 2.05) is 36.1 Å². The lowest BCUT2D eigenvalue weighted by molar-refractivity contribution is -0.132. The van der Waals surface area contributed by atoms with Crippen molar-refractivity contribution in [3.05, 3.63) is 76.9 Å². The minimum absolute atomic E-state index is 0.128. The minimum Gasteiger partial charge on any atom is -0.365 e. The van der Waals surface area contributed by atoms with Crippen LogP contribution in [-0.2, 0) is 21.7 Å². The lowest BCUT2D eigenvalue weighted by atomic mass is 9.83. The van der Waals surface area contributed by atoms with Crippen molar-refractivity contribution in [3.63, 3.8) is 0 Å². The van der Waals surface area contributed by atoms with Gasteiger partial charge in [-0.2, -0.15) is 0 Å². The second kappa shape index (κ2) is 6.73. The van der Waals surface area contributed by atoms with Gasteiger partial charge in [0.05, 0.1) is 12.2 Å². The summed E-state index contributed by atoms with van der Waals surface area (Å²) in [7, 11) is 0. The number of rotatable bonds is 2. The number of carbonyl (C=O) groups excluding carboxylic acids is 1. The highest BCUT2D eigenvalue weighted by Gasteiger charge is 2.43. The van der Waals surface area contributed by atoms with E-state index in [1.54, 1.807) is 0 Å². The Labute approximate surface area is 155 Å². The summed E-state index contributed by atoms with van der Waals surface area (Å²) >= 11 is 0. The third kappa shape index (κ3) is 2.77. The van der Waals surface area contributed by atoms with Crippen molar-refractivity contribution in [2.24, 2.45) is 0 Å². The number of hydrogen-bond donors (Lipinski definition) is 0. The number of benzene rings is 2. The maximum Gasteiger partial charge on any atom is 0.254 e. The van der Waals surface area contributed by atoms with Gasteiger partial charge in [-0.15, -0.1) is 0 Å². The van der Waals surface area contributed by atoms with Crippen molar-refractivity contribution in [1.82, 2.24) is 4.90 Å². The Morgan fingerprint density at radius 3 is 2.50 bits per heavy atom. The maximum absolute atomic E-state index is 13.1. The normalized spacial score (nSPS) is 18.8. The van der Waals surface area contributed by atoms with Gasteiger partial charge in [-0.3, -0.25) is 4.79 Å². The first-order chi connectivity index (χ1) is 12.6. The van der Waals surface area contributed by atoms with Crippen molar-refractivity contribution in [2.45, 2.75) is 38.9 Å². The van der Waals surface area contributed by atoms with Crippen molar-refractivity contribution < 1.29 is 9.53 Å². The number of amides is 1. The molecule has 1 amide bonds. The SMILES string of the molecule is C/C=C(/C(=O)N1CCC2(CC1)OCc1ccccc12)c1ccccc1C. The molecule has 3 nitrogen and oxygen atoms in total. The third-order valence-electron chi connectivity index (χ3n) is 5.82. The molecule has 2 aliphatic rings. The molecule has 2 aromatic carbocycles. The van der Waals surface area contributed by atoms with E-state index in [0.29, 0.717) is 6.61 Å². The number of fused-ring (bicyclic) bond motifs is 2. The third-order valence-corrected chi connectivity index (χ3v) is 5.82. The second-order valence-electron chi connectivity index (χ2n) is 7.25. The number of carbonyl (C=O) groups is 1. The smallest absolute Gasteiger partial charge is 0.254 e. The molecule has 3 heteroatoms. The second-order valence-corrected chi connectivity index (χ2v) is 7.25. The molecule has 4 rings (SSSR count). The highest BCUT2D eigenvalue weighted by Crippen LogP contribution is 2.44. The van der Waals surface area contributed by atoms with Crippen molar-refractivity contribution in [2.75, 3.05) is 13.1 Å². The van der Waals surface area contributed by atoms with Crippen LogP contribution >= 0.6 is 0 Å². The van der Waals surface area contributed by atoms with Gasteiger partial charge in [-0.05, 0) is 48.9 Å². The summed E-state index contributed by atoms with van der Waals surface area (Å²) < 4.78 is 6.22. The first-order valence-electron chi connectivity index (χ1n) is 9.38. The average Bonchev–Trinajstić information content (AvgIpc) is 3.03. The van der Waals surface area contributed by atoms with E-state index in [2.05, 4.69) is 37.3 Å². The first-order valence-corrected chi connectivity index (χ1v) is 9.38. The van der Waals surface area contributed by atoms with Gasteiger partial charge in [0.2, 0.25) is 0 Å². The van der Waals surface area contributed by atoms with Gasteiger partial charge < -0.3 is 9.64 Å². The molecule has 134 valence electrons. The van der Waals surface area contributed by atoms with E-state index < -0.39 is 0 Å². The van der Waals surface area contributed by atoms with Gasteiger partial charge in [-0.1, -0.05) is 54.6 Å². The Kier molecular flexibility index (Phi) is 4.41. The molecule has 2 aliphatic heterocycles. The number of piperidine rings is 1. The Hall–Kier alpha value is -2.39. The summed E-state index contributed by atoms with van der Waals surface area (Å²) in [5, 5.41) is 0. The number of likely N-dealkylation sites (tertiary alicyclic amines) is 1. The predicted octanol–water partition coefficient (Wildman–Crippen LogP) is 4.45. The van der Waals surface area contributed by atoms with E-state index in [1.165, 1.54) is 11.1 Å². The van der Waals surface area contributed by atoms with Gasteiger partial charge in [-0.25, -0.2) is 0 Å². The van der Waals surface area contributed by atoms with Crippen LogP contribution in [0.3, 0.4) is 0 Å². The summed E-state index contributed by atoms with van der Waals surface area (Å²) in [6.45, 7) is 6.16. The van der Waals surface area contributed by atoms with Gasteiger partial charge >= 0.3 is 0 Å². The molecule has 0 N–H and O–H groups in total. The zero-order chi connectivity index (χ0) is 18.1. The topological polar surface area (TPSA) is 29.5 Å². The molecule has 0 aliphatic carbocycles. The van der Waals surface area contributed by atoms with Gasteiger partial charge in [0.15, 0.2) is 0 Å². The summed E-state index contributed by atoms with van der Waals surface area (Å²) in [5.41, 5.74) is 5.37. The number of aryl methyl sites for hydroxylation is 1. The molecule has 0 unspecified atom stereocenters. The molecular weight excluding hydrogens is 322 g/mol. The van der Waals surface area contributed by atoms with E-state index in [-0.39, 0.29) is 11.5 Å².